The zero-order chi connectivity index (χ0) is 22.4. The molecule has 2 N–H and O–H groups in total. The van der Waals surface area contributed by atoms with Crippen molar-refractivity contribution in [2.24, 2.45) is 0 Å². The van der Waals surface area contributed by atoms with Crippen LogP contribution in [0.4, 0.5) is 11.4 Å². The van der Waals surface area contributed by atoms with Crippen molar-refractivity contribution in [2.75, 3.05) is 24.2 Å². The molecular formula is C24H28N4O2S. The maximum Gasteiger partial charge on any atom is 0.238 e. The van der Waals surface area contributed by atoms with Crippen molar-refractivity contribution in [2.45, 2.75) is 33.7 Å². The van der Waals surface area contributed by atoms with Crippen LogP contribution in [0.25, 0.3) is 0 Å². The van der Waals surface area contributed by atoms with Crippen LogP contribution >= 0.6 is 11.3 Å². The summed E-state index contributed by atoms with van der Waals surface area (Å²) in [6.45, 7) is 6.78. The van der Waals surface area contributed by atoms with Crippen molar-refractivity contribution in [3.63, 3.8) is 0 Å². The number of benzene rings is 2. The van der Waals surface area contributed by atoms with E-state index >= 15 is 0 Å². The molecule has 2 aromatic carbocycles. The first-order chi connectivity index (χ1) is 14.8. The molecule has 6 nitrogen and oxygen atoms in total. The second-order valence-corrected chi connectivity index (χ2v) is 8.81. The number of nitrogens with one attached hydrogen (secondary N) is 2. The number of likely N-dealkylation sites (N-methyl/N-ethyl adjacent to an activating group) is 1. The molecule has 0 unspecified atom stereocenters. The number of thiazole rings is 1. The Hall–Kier alpha value is -3.03. The number of carbonyl (C=O) groups is 2. The lowest BCUT2D eigenvalue weighted by Crippen LogP contribution is -2.29. The van der Waals surface area contributed by atoms with Gasteiger partial charge in [0.15, 0.2) is 0 Å². The summed E-state index contributed by atoms with van der Waals surface area (Å²) in [5, 5.41) is 8.56. The highest BCUT2D eigenvalue weighted by atomic mass is 32.1. The molecule has 0 aliphatic rings. The van der Waals surface area contributed by atoms with Crippen molar-refractivity contribution < 1.29 is 9.59 Å². The van der Waals surface area contributed by atoms with Crippen LogP contribution in [0.1, 0.15) is 27.4 Å². The zero-order valence-corrected chi connectivity index (χ0v) is 19.2. The van der Waals surface area contributed by atoms with Crippen molar-refractivity contribution in [3.05, 3.63) is 75.2 Å². The van der Waals surface area contributed by atoms with Gasteiger partial charge in [-0.05, 0) is 57.1 Å². The Bertz CT molecular complexity index is 1060. The summed E-state index contributed by atoms with van der Waals surface area (Å²) in [7, 11) is 1.88. The predicted octanol–water partition coefficient (Wildman–Crippen LogP) is 4.32. The molecule has 0 radical (unpaired) electrons. The standard InChI is InChI=1S/C24H28N4O2S/c1-16-6-9-19(10-7-16)25-23(30)14-28(4)13-20-15-31-24(26-20)12-22(29)27-21-11-17(2)5-8-18(21)3/h5-11,15H,12-14H2,1-4H3,(H,25,30)(H,27,29). The molecule has 0 fully saturated rings. The average Bonchev–Trinajstić information content (AvgIpc) is 3.12. The van der Waals surface area contributed by atoms with E-state index < -0.39 is 0 Å². The number of nitrogens with zero attached hydrogens (tertiary/aromatic N) is 2. The van der Waals surface area contributed by atoms with Gasteiger partial charge in [0.25, 0.3) is 0 Å². The number of hydrogen-bond donors (Lipinski definition) is 2. The maximum absolute atomic E-state index is 12.4. The van der Waals surface area contributed by atoms with E-state index in [1.807, 2.05) is 80.6 Å². The van der Waals surface area contributed by atoms with Crippen LogP contribution in [0.3, 0.4) is 0 Å². The van der Waals surface area contributed by atoms with Crippen LogP contribution in [0, 0.1) is 20.8 Å². The number of hydrogen-bond acceptors (Lipinski definition) is 5. The second-order valence-electron chi connectivity index (χ2n) is 7.86. The van der Waals surface area contributed by atoms with Gasteiger partial charge in [0.1, 0.15) is 5.01 Å². The van der Waals surface area contributed by atoms with E-state index in [1.165, 1.54) is 11.3 Å². The van der Waals surface area contributed by atoms with Gasteiger partial charge in [-0.2, -0.15) is 0 Å². The molecule has 3 aromatic rings. The summed E-state index contributed by atoms with van der Waals surface area (Å²) in [6, 6.07) is 13.7. The fourth-order valence-corrected chi connectivity index (χ4v) is 3.90. The first kappa shape index (κ1) is 22.7. The summed E-state index contributed by atoms with van der Waals surface area (Å²) in [5.41, 5.74) is 5.76. The molecule has 3 rings (SSSR count). The first-order valence-electron chi connectivity index (χ1n) is 10.1. The minimum absolute atomic E-state index is 0.0743. The monoisotopic (exact) mass is 436 g/mol. The average molecular weight is 437 g/mol. The van der Waals surface area contributed by atoms with Gasteiger partial charge in [-0.15, -0.1) is 11.3 Å². The quantitative estimate of drug-likeness (QED) is 0.552. The lowest BCUT2D eigenvalue weighted by molar-refractivity contribution is -0.117. The number of anilines is 2. The third kappa shape index (κ3) is 7.01. The summed E-state index contributed by atoms with van der Waals surface area (Å²) in [5.74, 6) is -0.157. The maximum atomic E-state index is 12.4. The number of carbonyl (C=O) groups excluding carboxylic acids is 2. The van der Waals surface area contributed by atoms with Crippen molar-refractivity contribution in [1.82, 2.24) is 9.88 Å². The Morgan fingerprint density at radius 1 is 0.968 bits per heavy atom. The molecule has 0 aliphatic carbocycles. The van der Waals surface area contributed by atoms with E-state index in [0.29, 0.717) is 6.54 Å². The molecule has 0 atom stereocenters. The third-order valence-corrected chi connectivity index (χ3v) is 5.66. The Kier molecular flexibility index (Phi) is 7.55. The normalized spacial score (nSPS) is 10.9. The molecular weight excluding hydrogens is 408 g/mol. The molecule has 0 spiro atoms. The minimum atomic E-state index is -0.0829. The number of aromatic nitrogens is 1. The van der Waals surface area contributed by atoms with Gasteiger partial charge >= 0.3 is 0 Å². The minimum Gasteiger partial charge on any atom is -0.325 e. The van der Waals surface area contributed by atoms with Crippen LogP contribution in [-0.2, 0) is 22.6 Å². The predicted molar refractivity (Wildman–Crippen MR) is 127 cm³/mol. The topological polar surface area (TPSA) is 74.3 Å². The molecule has 1 aromatic heterocycles. The van der Waals surface area contributed by atoms with Crippen LogP contribution in [0.5, 0.6) is 0 Å². The molecule has 2 amide bonds. The molecule has 0 saturated carbocycles. The molecule has 31 heavy (non-hydrogen) atoms. The van der Waals surface area contributed by atoms with E-state index in [-0.39, 0.29) is 24.8 Å². The number of aryl methyl sites for hydroxylation is 3. The summed E-state index contributed by atoms with van der Waals surface area (Å²) in [6.07, 6.45) is 0.232. The fourth-order valence-electron chi connectivity index (χ4n) is 3.12. The van der Waals surface area contributed by atoms with Crippen LogP contribution in [0.2, 0.25) is 0 Å². The number of rotatable bonds is 8. The third-order valence-electron chi connectivity index (χ3n) is 4.76. The summed E-state index contributed by atoms with van der Waals surface area (Å²) < 4.78 is 0. The van der Waals surface area contributed by atoms with Gasteiger partial charge in [0, 0.05) is 23.3 Å². The largest absolute Gasteiger partial charge is 0.325 e. The van der Waals surface area contributed by atoms with Gasteiger partial charge < -0.3 is 10.6 Å². The van der Waals surface area contributed by atoms with E-state index in [4.69, 9.17) is 0 Å². The SMILES string of the molecule is Cc1ccc(NC(=O)CN(C)Cc2csc(CC(=O)Nc3cc(C)ccc3C)n2)cc1. The fraction of sp³-hybridized carbons (Fsp3) is 0.292. The Morgan fingerprint density at radius 2 is 1.68 bits per heavy atom. The summed E-state index contributed by atoms with van der Waals surface area (Å²) >= 11 is 1.46. The van der Waals surface area contributed by atoms with E-state index in [9.17, 15) is 9.59 Å². The smallest absolute Gasteiger partial charge is 0.238 e. The zero-order valence-electron chi connectivity index (χ0n) is 18.4. The van der Waals surface area contributed by atoms with Crippen molar-refractivity contribution in [3.8, 4) is 0 Å². The molecule has 0 aliphatic heterocycles. The van der Waals surface area contributed by atoms with Gasteiger partial charge in [0.05, 0.1) is 18.7 Å². The lowest BCUT2D eigenvalue weighted by atomic mass is 10.1. The first-order valence-corrected chi connectivity index (χ1v) is 11.0. The Morgan fingerprint density at radius 3 is 2.42 bits per heavy atom. The molecule has 1 heterocycles. The molecule has 0 saturated heterocycles. The lowest BCUT2D eigenvalue weighted by Gasteiger charge is -2.15. The van der Waals surface area contributed by atoms with Crippen molar-refractivity contribution >= 4 is 34.5 Å². The molecule has 162 valence electrons. The van der Waals surface area contributed by atoms with Gasteiger partial charge in [-0.1, -0.05) is 29.8 Å². The van der Waals surface area contributed by atoms with Gasteiger partial charge in [0.2, 0.25) is 11.8 Å². The molecule has 0 bridgehead atoms. The van der Waals surface area contributed by atoms with E-state index in [0.717, 1.165) is 38.8 Å². The van der Waals surface area contributed by atoms with Crippen LogP contribution in [-0.4, -0.2) is 35.3 Å². The Balaban J connectivity index is 1.48. The van der Waals surface area contributed by atoms with E-state index in [2.05, 4.69) is 15.6 Å². The Labute approximate surface area is 187 Å². The van der Waals surface area contributed by atoms with Gasteiger partial charge in [-0.3, -0.25) is 14.5 Å². The summed E-state index contributed by atoms with van der Waals surface area (Å²) in [4.78, 5) is 31.1. The van der Waals surface area contributed by atoms with Crippen LogP contribution in [0.15, 0.2) is 47.8 Å². The van der Waals surface area contributed by atoms with E-state index in [1.54, 1.807) is 0 Å². The highest BCUT2D eigenvalue weighted by molar-refractivity contribution is 7.09. The van der Waals surface area contributed by atoms with Gasteiger partial charge in [-0.25, -0.2) is 4.98 Å². The highest BCUT2D eigenvalue weighted by Crippen LogP contribution is 2.18. The molecule has 7 heteroatoms. The van der Waals surface area contributed by atoms with Crippen molar-refractivity contribution in [1.29, 1.82) is 0 Å². The second kappa shape index (κ2) is 10.3. The highest BCUT2D eigenvalue weighted by Gasteiger charge is 2.12. The van der Waals surface area contributed by atoms with Crippen LogP contribution < -0.4 is 10.6 Å². The number of amides is 2.